The monoisotopic (exact) mass is 476 g/mol. The number of aliphatic carboxylic acids is 1. The highest BCUT2D eigenvalue weighted by Gasteiger charge is 2.50. The fraction of sp³-hybridized carbons (Fsp3) is 0.464. The molecule has 0 saturated heterocycles. The summed E-state index contributed by atoms with van der Waals surface area (Å²) >= 11 is 0. The number of carboxylic acid groups (broad SMARTS) is 1. The van der Waals surface area contributed by atoms with E-state index in [4.69, 9.17) is 4.74 Å². The van der Waals surface area contributed by atoms with Crippen molar-refractivity contribution < 1.29 is 24.2 Å². The first-order valence-corrected chi connectivity index (χ1v) is 12.4. The van der Waals surface area contributed by atoms with Crippen molar-refractivity contribution in [2.75, 3.05) is 6.61 Å². The Kier molecular flexibility index (Phi) is 6.03. The van der Waals surface area contributed by atoms with Crippen LogP contribution in [0.4, 0.5) is 4.79 Å². The quantitative estimate of drug-likeness (QED) is 0.552. The van der Waals surface area contributed by atoms with E-state index >= 15 is 0 Å². The third-order valence-corrected chi connectivity index (χ3v) is 7.91. The molecular weight excluding hydrogens is 444 g/mol. The predicted octanol–water partition coefficient (Wildman–Crippen LogP) is 4.31. The van der Waals surface area contributed by atoms with Gasteiger partial charge in [0.1, 0.15) is 6.61 Å². The maximum Gasteiger partial charge on any atom is 0.407 e. The maximum atomic E-state index is 12.7. The van der Waals surface area contributed by atoms with E-state index < -0.39 is 17.6 Å². The van der Waals surface area contributed by atoms with Gasteiger partial charge in [-0.15, -0.1) is 0 Å². The van der Waals surface area contributed by atoms with E-state index in [2.05, 4.69) is 34.9 Å². The normalized spacial score (nSPS) is 24.5. The summed E-state index contributed by atoms with van der Waals surface area (Å²) in [5, 5.41) is 15.1. The largest absolute Gasteiger partial charge is 0.481 e. The zero-order valence-electron chi connectivity index (χ0n) is 20.1. The van der Waals surface area contributed by atoms with E-state index in [1.165, 1.54) is 11.1 Å². The van der Waals surface area contributed by atoms with Crippen molar-refractivity contribution in [3.8, 4) is 11.1 Å². The molecule has 35 heavy (non-hydrogen) atoms. The summed E-state index contributed by atoms with van der Waals surface area (Å²) in [5.74, 6) is -0.550. The number of ether oxygens (including phenoxy) is 1. The van der Waals surface area contributed by atoms with Crippen molar-refractivity contribution in [1.82, 2.24) is 10.6 Å². The van der Waals surface area contributed by atoms with Gasteiger partial charge in [0.05, 0.1) is 5.92 Å². The van der Waals surface area contributed by atoms with E-state index in [1.807, 2.05) is 24.3 Å². The zero-order valence-corrected chi connectivity index (χ0v) is 20.1. The third kappa shape index (κ3) is 4.64. The lowest BCUT2D eigenvalue weighted by Crippen LogP contribution is -2.53. The minimum Gasteiger partial charge on any atom is -0.481 e. The Balaban J connectivity index is 1.12. The van der Waals surface area contributed by atoms with Crippen LogP contribution in [0.15, 0.2) is 48.5 Å². The van der Waals surface area contributed by atoms with Crippen molar-refractivity contribution in [2.24, 2.45) is 17.8 Å². The molecule has 2 saturated carbocycles. The van der Waals surface area contributed by atoms with Crippen LogP contribution < -0.4 is 10.6 Å². The Labute approximate surface area is 205 Å². The lowest BCUT2D eigenvalue weighted by molar-refractivity contribution is -0.141. The van der Waals surface area contributed by atoms with E-state index in [1.54, 1.807) is 13.8 Å². The molecule has 0 bridgehead atoms. The molecule has 0 aliphatic heterocycles. The van der Waals surface area contributed by atoms with Gasteiger partial charge in [0.2, 0.25) is 5.91 Å². The fourth-order valence-electron chi connectivity index (χ4n) is 6.21. The van der Waals surface area contributed by atoms with Gasteiger partial charge in [-0.1, -0.05) is 48.5 Å². The van der Waals surface area contributed by atoms with Crippen molar-refractivity contribution in [1.29, 1.82) is 0 Å². The summed E-state index contributed by atoms with van der Waals surface area (Å²) < 4.78 is 5.62. The lowest BCUT2D eigenvalue weighted by Gasteiger charge is -2.41. The topological polar surface area (TPSA) is 105 Å². The summed E-state index contributed by atoms with van der Waals surface area (Å²) in [6.07, 6.45) is 1.75. The van der Waals surface area contributed by atoms with Crippen LogP contribution in [0.2, 0.25) is 0 Å². The molecule has 3 N–H and O–H groups in total. The third-order valence-electron chi connectivity index (χ3n) is 7.91. The molecule has 3 aliphatic carbocycles. The van der Waals surface area contributed by atoms with Crippen LogP contribution in [0, 0.1) is 17.8 Å². The fourth-order valence-corrected chi connectivity index (χ4v) is 6.21. The van der Waals surface area contributed by atoms with Crippen LogP contribution in [0.25, 0.3) is 11.1 Å². The number of carbonyl (C=O) groups is 3. The molecule has 0 aromatic heterocycles. The van der Waals surface area contributed by atoms with Crippen molar-refractivity contribution in [3.05, 3.63) is 59.7 Å². The number of rotatable bonds is 7. The summed E-state index contributed by atoms with van der Waals surface area (Å²) in [5.41, 5.74) is 3.86. The van der Waals surface area contributed by atoms with E-state index in [0.29, 0.717) is 18.8 Å². The Morgan fingerprint density at radius 1 is 0.971 bits per heavy atom. The molecule has 1 unspecified atom stereocenters. The molecule has 0 heterocycles. The highest BCUT2D eigenvalue weighted by atomic mass is 16.5. The number of nitrogens with one attached hydrogen (secondary N) is 2. The molecule has 7 heteroatoms. The number of alkyl carbamates (subject to hydrolysis) is 1. The Morgan fingerprint density at radius 2 is 1.60 bits per heavy atom. The van der Waals surface area contributed by atoms with Crippen LogP contribution in [-0.2, 0) is 14.3 Å². The average Bonchev–Trinajstić information content (AvgIpc) is 3.31. The maximum absolute atomic E-state index is 12.7. The second-order valence-electron chi connectivity index (χ2n) is 10.9. The van der Waals surface area contributed by atoms with Gasteiger partial charge in [-0.25, -0.2) is 4.79 Å². The number of amides is 2. The van der Waals surface area contributed by atoms with Crippen LogP contribution in [0.1, 0.15) is 56.6 Å². The van der Waals surface area contributed by atoms with Crippen LogP contribution in [-0.4, -0.2) is 41.3 Å². The van der Waals surface area contributed by atoms with Crippen LogP contribution in [0.5, 0.6) is 0 Å². The molecule has 184 valence electrons. The van der Waals surface area contributed by atoms with Crippen molar-refractivity contribution in [2.45, 2.75) is 57.0 Å². The first-order chi connectivity index (χ1) is 16.7. The number of hydrogen-bond acceptors (Lipinski definition) is 4. The zero-order chi connectivity index (χ0) is 24.7. The molecular formula is C28H32N2O5. The standard InChI is InChI=1S/C28H32N2O5/c1-28(2,14-25(31)29-24-13-16-11-17(26(32)33)12-22(16)24)30-27(34)35-15-23-20-9-5-3-7-18(20)19-8-4-6-10-21(19)23/h3-10,16-17,22-24H,11-15H2,1-2H3,(H,29,31)(H,30,34)(H,32,33)/t16-,17?,22-,24+/m1/s1. The number of fused-ring (bicyclic) bond motifs is 4. The van der Waals surface area contributed by atoms with Gasteiger partial charge in [0.15, 0.2) is 0 Å². The summed E-state index contributed by atoms with van der Waals surface area (Å²) in [6.45, 7) is 3.82. The van der Waals surface area contributed by atoms with E-state index in [9.17, 15) is 19.5 Å². The Hall–Kier alpha value is -3.35. The van der Waals surface area contributed by atoms with Crippen LogP contribution in [0.3, 0.4) is 0 Å². The first kappa shape index (κ1) is 23.4. The average molecular weight is 477 g/mol. The van der Waals surface area contributed by atoms with Gasteiger partial charge >= 0.3 is 12.1 Å². The summed E-state index contributed by atoms with van der Waals surface area (Å²) in [4.78, 5) is 36.6. The number of carboxylic acids is 1. The molecule has 0 radical (unpaired) electrons. The van der Waals surface area contributed by atoms with Crippen LogP contribution >= 0.6 is 0 Å². The molecule has 0 spiro atoms. The minimum atomic E-state index is -0.783. The van der Waals surface area contributed by atoms with E-state index in [0.717, 1.165) is 17.5 Å². The molecule has 2 fully saturated rings. The SMILES string of the molecule is CC(C)(CC(=O)N[C@H]1C[C@H]2CC(C(=O)O)C[C@H]21)NC(=O)OCC1c2ccccc2-c2ccccc21. The van der Waals surface area contributed by atoms with Gasteiger partial charge < -0.3 is 20.5 Å². The number of hydrogen-bond donors (Lipinski definition) is 3. The smallest absolute Gasteiger partial charge is 0.407 e. The van der Waals surface area contributed by atoms with Gasteiger partial charge in [-0.05, 0) is 67.2 Å². The second-order valence-corrected chi connectivity index (χ2v) is 10.9. The van der Waals surface area contributed by atoms with Gasteiger partial charge in [0.25, 0.3) is 0 Å². The highest BCUT2D eigenvalue weighted by molar-refractivity contribution is 5.80. The van der Waals surface area contributed by atoms with Gasteiger partial charge in [0, 0.05) is 23.9 Å². The van der Waals surface area contributed by atoms with Gasteiger partial charge in [-0.3, -0.25) is 9.59 Å². The molecule has 4 atom stereocenters. The molecule has 2 aromatic rings. The second kappa shape index (κ2) is 9.02. The summed E-state index contributed by atoms with van der Waals surface area (Å²) in [7, 11) is 0. The molecule has 2 aromatic carbocycles. The minimum absolute atomic E-state index is 0.0211. The van der Waals surface area contributed by atoms with Gasteiger partial charge in [-0.2, -0.15) is 0 Å². The summed E-state index contributed by atoms with van der Waals surface area (Å²) in [6, 6.07) is 16.4. The van der Waals surface area contributed by atoms with E-state index in [-0.39, 0.29) is 42.7 Å². The number of carbonyl (C=O) groups excluding carboxylic acids is 2. The highest BCUT2D eigenvalue weighted by Crippen LogP contribution is 2.50. The molecule has 5 rings (SSSR count). The molecule has 7 nitrogen and oxygen atoms in total. The number of benzene rings is 2. The first-order valence-electron chi connectivity index (χ1n) is 12.4. The lowest BCUT2D eigenvalue weighted by atomic mass is 9.71. The molecule has 3 aliphatic rings. The van der Waals surface area contributed by atoms with Crippen molar-refractivity contribution >= 4 is 18.0 Å². The Morgan fingerprint density at radius 3 is 2.23 bits per heavy atom. The predicted molar refractivity (Wildman–Crippen MR) is 131 cm³/mol. The molecule has 2 amide bonds. The van der Waals surface area contributed by atoms with Crippen molar-refractivity contribution in [3.63, 3.8) is 0 Å². The Bertz CT molecular complexity index is 1110.